The number of Topliss-reactive ketones (excluding diaryl/α,β-unsaturated/α-hetero) is 1. The van der Waals surface area contributed by atoms with Crippen LogP contribution in [0.1, 0.15) is 121 Å². The Bertz CT molecular complexity index is 1000. The molecule has 1 amide bonds. The van der Waals surface area contributed by atoms with E-state index in [1.165, 1.54) is 83.5 Å². The first-order chi connectivity index (χ1) is 19.7. The van der Waals surface area contributed by atoms with Crippen LogP contribution in [-0.2, 0) is 9.59 Å². The van der Waals surface area contributed by atoms with Crippen molar-refractivity contribution >= 4 is 23.8 Å². The molecule has 1 aliphatic rings. The van der Waals surface area contributed by atoms with Crippen LogP contribution in [0, 0.1) is 0 Å². The van der Waals surface area contributed by atoms with Gasteiger partial charge in [0.1, 0.15) is 0 Å². The van der Waals surface area contributed by atoms with Crippen molar-refractivity contribution in [3.63, 3.8) is 0 Å². The van der Waals surface area contributed by atoms with Crippen molar-refractivity contribution in [2.24, 2.45) is 0 Å². The van der Waals surface area contributed by atoms with Crippen molar-refractivity contribution in [2.75, 3.05) is 13.1 Å². The summed E-state index contributed by atoms with van der Waals surface area (Å²) in [5, 5.41) is 0. The topological polar surface area (TPSA) is 63.2 Å². The molecular formula is C35H49N3O2. The number of carbonyl (C=O) groups excluding carboxylic acids is 2. The second kappa shape index (κ2) is 19.1. The Morgan fingerprint density at radius 3 is 1.43 bits per heavy atom. The summed E-state index contributed by atoms with van der Waals surface area (Å²) in [7, 11) is 0. The molecule has 0 unspecified atom stereocenters. The lowest BCUT2D eigenvalue weighted by Crippen LogP contribution is -2.41. The number of nitrogens with zero attached hydrogens (tertiary/aromatic N) is 3. The highest BCUT2D eigenvalue weighted by Gasteiger charge is 2.28. The number of pyridine rings is 2. The second-order valence-electron chi connectivity index (χ2n) is 11.2. The Hall–Kier alpha value is -3.08. The van der Waals surface area contributed by atoms with E-state index in [9.17, 15) is 9.59 Å². The van der Waals surface area contributed by atoms with Crippen LogP contribution in [0.2, 0.25) is 0 Å². The van der Waals surface area contributed by atoms with E-state index in [1.54, 1.807) is 24.8 Å². The molecule has 0 N–H and O–H groups in total. The fourth-order valence-electron chi connectivity index (χ4n) is 5.34. The van der Waals surface area contributed by atoms with Gasteiger partial charge < -0.3 is 4.90 Å². The standard InChI is InChI=1S/C35H49N3O2/c1-2-3-4-5-6-7-8-9-10-11-12-13-14-15-16-17-34(39)38-28-32(26-30-18-22-36-23-19-30)35(40)33(29-38)27-31-20-24-37-25-21-31/h18-27H,2-17,28-29H2,1H3/b32-26+,33-27+. The Morgan fingerprint density at radius 2 is 1.02 bits per heavy atom. The average Bonchev–Trinajstić information content (AvgIpc) is 2.98. The van der Waals surface area contributed by atoms with E-state index in [4.69, 9.17) is 0 Å². The fraction of sp³-hybridized carbons (Fsp3) is 0.543. The summed E-state index contributed by atoms with van der Waals surface area (Å²) < 4.78 is 0. The van der Waals surface area contributed by atoms with Crippen molar-refractivity contribution < 1.29 is 9.59 Å². The van der Waals surface area contributed by atoms with E-state index in [0.29, 0.717) is 30.7 Å². The first-order valence-corrected chi connectivity index (χ1v) is 15.7. The SMILES string of the molecule is CCCCCCCCCCCCCCCCCC(=O)N1C/C(=C\c2ccncc2)C(=O)/C(=C/c2ccncc2)C1. The molecule has 0 saturated carbocycles. The molecule has 0 aromatic carbocycles. The van der Waals surface area contributed by atoms with Gasteiger partial charge in [0, 0.05) is 55.4 Å². The maximum atomic E-state index is 13.3. The van der Waals surface area contributed by atoms with E-state index in [-0.39, 0.29) is 11.7 Å². The molecule has 2 aromatic heterocycles. The number of rotatable bonds is 18. The van der Waals surface area contributed by atoms with Crippen LogP contribution >= 0.6 is 0 Å². The number of unbranched alkanes of at least 4 members (excludes halogenated alkanes) is 14. The number of ketones is 1. The Kier molecular flexibility index (Phi) is 15.0. The molecular weight excluding hydrogens is 494 g/mol. The van der Waals surface area contributed by atoms with Gasteiger partial charge in [0.15, 0.2) is 5.78 Å². The molecule has 0 aliphatic carbocycles. The predicted octanol–water partition coefficient (Wildman–Crippen LogP) is 8.62. The quantitative estimate of drug-likeness (QED) is 0.139. The van der Waals surface area contributed by atoms with E-state index in [2.05, 4.69) is 16.9 Å². The lowest BCUT2D eigenvalue weighted by Gasteiger charge is -2.30. The predicted molar refractivity (Wildman–Crippen MR) is 166 cm³/mol. The second-order valence-corrected chi connectivity index (χ2v) is 11.2. The first-order valence-electron chi connectivity index (χ1n) is 15.7. The molecule has 0 radical (unpaired) electrons. The van der Waals surface area contributed by atoms with Crippen molar-refractivity contribution in [3.05, 3.63) is 71.3 Å². The van der Waals surface area contributed by atoms with Gasteiger partial charge in [-0.25, -0.2) is 0 Å². The van der Waals surface area contributed by atoms with Gasteiger partial charge in [-0.3, -0.25) is 19.6 Å². The van der Waals surface area contributed by atoms with Crippen molar-refractivity contribution in [2.45, 2.75) is 110 Å². The summed E-state index contributed by atoms with van der Waals surface area (Å²) in [5.74, 6) is 0.132. The van der Waals surface area contributed by atoms with Gasteiger partial charge in [-0.2, -0.15) is 0 Å². The normalized spacial score (nSPS) is 15.7. The third-order valence-corrected chi connectivity index (χ3v) is 7.75. The largest absolute Gasteiger partial charge is 0.334 e. The summed E-state index contributed by atoms with van der Waals surface area (Å²) in [5.41, 5.74) is 3.11. The van der Waals surface area contributed by atoms with Gasteiger partial charge in [0.25, 0.3) is 0 Å². The van der Waals surface area contributed by atoms with Crippen molar-refractivity contribution in [1.29, 1.82) is 0 Å². The molecule has 1 saturated heterocycles. The van der Waals surface area contributed by atoms with E-state index >= 15 is 0 Å². The Balaban J connectivity index is 1.38. The fourth-order valence-corrected chi connectivity index (χ4v) is 5.34. The van der Waals surface area contributed by atoms with Crippen LogP contribution in [0.3, 0.4) is 0 Å². The van der Waals surface area contributed by atoms with Crippen LogP contribution in [0.5, 0.6) is 0 Å². The molecule has 2 aromatic rings. The van der Waals surface area contributed by atoms with Gasteiger partial charge in [-0.15, -0.1) is 0 Å². The maximum Gasteiger partial charge on any atom is 0.223 e. The van der Waals surface area contributed by atoms with Crippen LogP contribution in [-0.4, -0.2) is 39.6 Å². The number of piperidine rings is 1. The van der Waals surface area contributed by atoms with E-state index in [0.717, 1.165) is 24.0 Å². The van der Waals surface area contributed by atoms with Gasteiger partial charge in [-0.05, 0) is 54.0 Å². The smallest absolute Gasteiger partial charge is 0.223 e. The van der Waals surface area contributed by atoms with Gasteiger partial charge >= 0.3 is 0 Å². The molecule has 1 aliphatic heterocycles. The van der Waals surface area contributed by atoms with Crippen molar-refractivity contribution in [3.8, 4) is 0 Å². The van der Waals surface area contributed by atoms with Crippen LogP contribution in [0.15, 0.2) is 60.2 Å². The third kappa shape index (κ3) is 12.0. The average molecular weight is 544 g/mol. The molecule has 1 fully saturated rings. The lowest BCUT2D eigenvalue weighted by molar-refractivity contribution is -0.131. The van der Waals surface area contributed by atoms with Gasteiger partial charge in [0.05, 0.1) is 0 Å². The van der Waals surface area contributed by atoms with Gasteiger partial charge in [-0.1, -0.05) is 96.8 Å². The Morgan fingerprint density at radius 1 is 0.650 bits per heavy atom. The summed E-state index contributed by atoms with van der Waals surface area (Å²) in [6, 6.07) is 7.51. The molecule has 0 atom stereocenters. The van der Waals surface area contributed by atoms with E-state index < -0.39 is 0 Å². The van der Waals surface area contributed by atoms with E-state index in [1.807, 2.05) is 41.3 Å². The summed E-state index contributed by atoms with van der Waals surface area (Å²) >= 11 is 0. The number of aromatic nitrogens is 2. The van der Waals surface area contributed by atoms with Crippen LogP contribution in [0.4, 0.5) is 0 Å². The number of amides is 1. The minimum absolute atomic E-state index is 0.00430. The van der Waals surface area contributed by atoms with Crippen LogP contribution in [0.25, 0.3) is 12.2 Å². The monoisotopic (exact) mass is 543 g/mol. The molecule has 5 nitrogen and oxygen atoms in total. The molecule has 0 bridgehead atoms. The minimum atomic E-state index is 0.00430. The zero-order valence-electron chi connectivity index (χ0n) is 24.7. The summed E-state index contributed by atoms with van der Waals surface area (Å²) in [6.45, 7) is 2.98. The zero-order chi connectivity index (χ0) is 28.3. The number of hydrogen-bond acceptors (Lipinski definition) is 4. The van der Waals surface area contributed by atoms with Crippen LogP contribution < -0.4 is 0 Å². The highest BCUT2D eigenvalue weighted by Crippen LogP contribution is 2.23. The van der Waals surface area contributed by atoms with Crippen molar-refractivity contribution in [1.82, 2.24) is 14.9 Å². The molecule has 5 heteroatoms. The Labute approximate surface area is 242 Å². The minimum Gasteiger partial charge on any atom is -0.334 e. The molecule has 40 heavy (non-hydrogen) atoms. The highest BCUT2D eigenvalue weighted by molar-refractivity contribution is 6.15. The molecule has 3 heterocycles. The summed E-state index contributed by atoms with van der Waals surface area (Å²) in [6.07, 6.45) is 30.8. The zero-order valence-corrected chi connectivity index (χ0v) is 24.7. The molecule has 0 spiro atoms. The lowest BCUT2D eigenvalue weighted by atomic mass is 9.94. The molecule has 216 valence electrons. The number of carbonyl (C=O) groups is 2. The highest BCUT2D eigenvalue weighted by atomic mass is 16.2. The third-order valence-electron chi connectivity index (χ3n) is 7.75. The number of likely N-dealkylation sites (tertiary alicyclic amines) is 1. The maximum absolute atomic E-state index is 13.3. The van der Waals surface area contributed by atoms with Gasteiger partial charge in [0.2, 0.25) is 5.91 Å². The number of hydrogen-bond donors (Lipinski definition) is 0. The molecule has 3 rings (SSSR count). The first kappa shape index (κ1) is 31.4. The summed E-state index contributed by atoms with van der Waals surface area (Å²) in [4.78, 5) is 36.4.